The molecule has 1 unspecified atom stereocenters. The van der Waals surface area contributed by atoms with Gasteiger partial charge in [0.1, 0.15) is 11.6 Å². The number of fused-ring (bicyclic) bond motifs is 2. The Balaban J connectivity index is 1.17. The first-order chi connectivity index (χ1) is 20.3. The number of carbonyl (C=O) groups is 1. The second-order valence-corrected chi connectivity index (χ2v) is 12.0. The summed E-state index contributed by atoms with van der Waals surface area (Å²) in [5.41, 5.74) is 4.55. The Hall–Kier alpha value is -3.43. The Labute approximate surface area is 248 Å². The van der Waals surface area contributed by atoms with Crippen LogP contribution in [-0.4, -0.2) is 45.3 Å². The number of hydrogen-bond acceptors (Lipinski definition) is 6. The molecule has 3 heterocycles. The number of benzene rings is 2. The van der Waals surface area contributed by atoms with Gasteiger partial charge in [0, 0.05) is 36.7 Å². The number of nitrogens with zero attached hydrogens (tertiary/aromatic N) is 4. The first kappa shape index (κ1) is 30.0. The Bertz CT molecular complexity index is 1370. The zero-order chi connectivity index (χ0) is 29.6. The van der Waals surface area contributed by atoms with E-state index in [9.17, 15) is 9.90 Å². The van der Waals surface area contributed by atoms with Gasteiger partial charge in [0.15, 0.2) is 6.23 Å². The Morgan fingerprint density at radius 2 is 1.98 bits per heavy atom. The van der Waals surface area contributed by atoms with E-state index in [0.717, 1.165) is 60.8 Å². The lowest BCUT2D eigenvalue weighted by molar-refractivity contribution is -0.122. The highest BCUT2D eigenvalue weighted by Gasteiger charge is 2.28. The fourth-order valence-corrected chi connectivity index (χ4v) is 6.13. The molecule has 2 aliphatic rings. The SMILES string of the molecule is CCCCCCN1CCC(CC(=O)NCc2ccc(C(O)N3Cc4cnn(C)c4Nc4cc(C)ccc43)cc2F)CC1. The van der Waals surface area contributed by atoms with Gasteiger partial charge in [-0.1, -0.05) is 44.4 Å². The predicted octanol–water partition coefficient (Wildman–Crippen LogP) is 5.92. The number of aliphatic hydroxyl groups is 1. The smallest absolute Gasteiger partial charge is 0.220 e. The van der Waals surface area contributed by atoms with Crippen LogP contribution in [0, 0.1) is 18.7 Å². The van der Waals surface area contributed by atoms with Crippen molar-refractivity contribution >= 4 is 23.1 Å². The van der Waals surface area contributed by atoms with Crippen LogP contribution in [0.15, 0.2) is 42.6 Å². The molecule has 1 fully saturated rings. The van der Waals surface area contributed by atoms with Gasteiger partial charge >= 0.3 is 0 Å². The first-order valence-corrected chi connectivity index (χ1v) is 15.4. The standard InChI is InChI=1S/C33H45FN6O2/c1-4-5-6-7-14-39-15-12-24(13-16-39)18-31(41)35-20-26-10-9-25(19-28(26)34)33(42)40-22-27-21-36-38(3)32(27)37-29-17-23(2)8-11-30(29)40/h8-11,17,19,21,24,33,37,42H,4-7,12-16,18,20,22H2,1-3H3,(H,35,41). The number of piperidine rings is 1. The second-order valence-electron chi connectivity index (χ2n) is 12.0. The molecule has 0 aliphatic carbocycles. The van der Waals surface area contributed by atoms with Crippen LogP contribution in [0.1, 0.15) is 80.4 Å². The summed E-state index contributed by atoms with van der Waals surface area (Å²) in [6, 6.07) is 10.8. The number of aromatic nitrogens is 2. The third-order valence-electron chi connectivity index (χ3n) is 8.73. The summed E-state index contributed by atoms with van der Waals surface area (Å²) in [7, 11) is 1.87. The first-order valence-electron chi connectivity index (χ1n) is 15.4. The topological polar surface area (TPSA) is 85.7 Å². The Morgan fingerprint density at radius 3 is 2.74 bits per heavy atom. The van der Waals surface area contributed by atoms with Crippen LogP contribution in [0.3, 0.4) is 0 Å². The van der Waals surface area contributed by atoms with Gasteiger partial charge in [0.05, 0.1) is 24.1 Å². The number of carbonyl (C=O) groups excluding carboxylic acids is 1. The van der Waals surface area contributed by atoms with Crippen LogP contribution in [0.4, 0.5) is 21.6 Å². The van der Waals surface area contributed by atoms with Crippen molar-refractivity contribution in [2.24, 2.45) is 13.0 Å². The van der Waals surface area contributed by atoms with Crippen molar-refractivity contribution in [2.75, 3.05) is 29.9 Å². The average molecular weight is 577 g/mol. The van der Waals surface area contributed by atoms with Gasteiger partial charge in [-0.05, 0) is 75.5 Å². The number of aryl methyl sites for hydroxylation is 2. The number of likely N-dealkylation sites (tertiary alicyclic amines) is 1. The highest BCUT2D eigenvalue weighted by atomic mass is 19.1. The number of rotatable bonds is 11. The van der Waals surface area contributed by atoms with E-state index in [-0.39, 0.29) is 12.5 Å². The van der Waals surface area contributed by atoms with Gasteiger partial charge in [-0.15, -0.1) is 0 Å². The molecule has 3 N–H and O–H groups in total. The third-order valence-corrected chi connectivity index (χ3v) is 8.73. The third kappa shape index (κ3) is 7.13. The van der Waals surface area contributed by atoms with Crippen LogP contribution in [0.5, 0.6) is 0 Å². The lowest BCUT2D eigenvalue weighted by Gasteiger charge is -2.31. The molecule has 1 amide bonds. The van der Waals surface area contributed by atoms with Crippen molar-refractivity contribution in [3.05, 3.63) is 70.7 Å². The molecule has 0 bridgehead atoms. The van der Waals surface area contributed by atoms with E-state index >= 15 is 4.39 Å². The van der Waals surface area contributed by atoms with Gasteiger partial charge < -0.3 is 25.5 Å². The van der Waals surface area contributed by atoms with Crippen LogP contribution in [0.2, 0.25) is 0 Å². The van der Waals surface area contributed by atoms with Crippen molar-refractivity contribution in [2.45, 2.75) is 78.1 Å². The molecule has 1 aromatic heterocycles. The summed E-state index contributed by atoms with van der Waals surface area (Å²) in [6.45, 7) is 8.06. The van der Waals surface area contributed by atoms with E-state index in [1.54, 1.807) is 23.0 Å². The van der Waals surface area contributed by atoms with E-state index in [1.165, 1.54) is 31.7 Å². The van der Waals surface area contributed by atoms with Crippen molar-refractivity contribution in [3.8, 4) is 0 Å². The summed E-state index contributed by atoms with van der Waals surface area (Å²) in [5.74, 6) is 0.773. The predicted molar refractivity (Wildman–Crippen MR) is 165 cm³/mol. The van der Waals surface area contributed by atoms with Gasteiger partial charge in [-0.2, -0.15) is 5.10 Å². The summed E-state index contributed by atoms with van der Waals surface area (Å²) < 4.78 is 17.0. The van der Waals surface area contributed by atoms with Crippen LogP contribution >= 0.6 is 0 Å². The number of nitrogens with one attached hydrogen (secondary N) is 2. The lowest BCUT2D eigenvalue weighted by Crippen LogP contribution is -2.36. The number of aliphatic hydroxyl groups excluding tert-OH is 1. The normalized spacial score (nSPS) is 16.4. The molecule has 1 atom stereocenters. The molecule has 0 saturated carbocycles. The van der Waals surface area contributed by atoms with Crippen LogP contribution in [-0.2, 0) is 24.9 Å². The van der Waals surface area contributed by atoms with Crippen molar-refractivity contribution < 1.29 is 14.3 Å². The molecule has 9 heteroatoms. The number of amides is 1. The monoisotopic (exact) mass is 576 g/mol. The number of halogens is 1. The second kappa shape index (κ2) is 13.7. The van der Waals surface area contributed by atoms with Crippen LogP contribution < -0.4 is 15.5 Å². The molecule has 8 nitrogen and oxygen atoms in total. The fraction of sp³-hybridized carbons (Fsp3) is 0.515. The van der Waals surface area contributed by atoms with Gasteiger partial charge in [-0.25, -0.2) is 4.39 Å². The highest BCUT2D eigenvalue weighted by molar-refractivity contribution is 5.79. The zero-order valence-corrected chi connectivity index (χ0v) is 25.2. The molecular formula is C33H45FN6O2. The molecule has 2 aliphatic heterocycles. The quantitative estimate of drug-likeness (QED) is 0.246. The van der Waals surface area contributed by atoms with Crippen molar-refractivity contribution in [1.29, 1.82) is 0 Å². The maximum atomic E-state index is 15.2. The molecular weight excluding hydrogens is 531 g/mol. The number of unbranched alkanes of at least 4 members (excludes halogenated alkanes) is 3. The molecule has 0 radical (unpaired) electrons. The van der Waals surface area contributed by atoms with E-state index in [0.29, 0.717) is 30.0 Å². The molecule has 226 valence electrons. The van der Waals surface area contributed by atoms with E-state index in [1.807, 2.05) is 37.1 Å². The van der Waals surface area contributed by atoms with E-state index in [4.69, 9.17) is 0 Å². The molecule has 2 aromatic carbocycles. The van der Waals surface area contributed by atoms with Gasteiger partial charge in [0.25, 0.3) is 0 Å². The summed E-state index contributed by atoms with van der Waals surface area (Å²) in [5, 5.41) is 22.2. The van der Waals surface area contributed by atoms with E-state index in [2.05, 4.69) is 27.6 Å². The van der Waals surface area contributed by atoms with Gasteiger partial charge in [-0.3, -0.25) is 9.48 Å². The molecule has 42 heavy (non-hydrogen) atoms. The minimum Gasteiger partial charge on any atom is -0.369 e. The minimum atomic E-state index is -1.07. The molecule has 5 rings (SSSR count). The van der Waals surface area contributed by atoms with E-state index < -0.39 is 12.0 Å². The van der Waals surface area contributed by atoms with Crippen molar-refractivity contribution in [3.63, 3.8) is 0 Å². The molecule has 0 spiro atoms. The Morgan fingerprint density at radius 1 is 1.17 bits per heavy atom. The summed E-state index contributed by atoms with van der Waals surface area (Å²) >= 11 is 0. The summed E-state index contributed by atoms with van der Waals surface area (Å²) in [4.78, 5) is 17.0. The molecule has 1 saturated heterocycles. The number of anilines is 3. The maximum Gasteiger partial charge on any atom is 0.220 e. The zero-order valence-electron chi connectivity index (χ0n) is 25.2. The van der Waals surface area contributed by atoms with Crippen molar-refractivity contribution in [1.82, 2.24) is 20.0 Å². The van der Waals surface area contributed by atoms with Gasteiger partial charge in [0.2, 0.25) is 5.91 Å². The fourth-order valence-electron chi connectivity index (χ4n) is 6.13. The lowest BCUT2D eigenvalue weighted by atomic mass is 9.93. The minimum absolute atomic E-state index is 0.0313. The largest absolute Gasteiger partial charge is 0.369 e. The maximum absolute atomic E-state index is 15.2. The number of hydrogen-bond donors (Lipinski definition) is 3. The highest BCUT2D eigenvalue weighted by Crippen LogP contribution is 2.40. The summed E-state index contributed by atoms with van der Waals surface area (Å²) in [6.07, 6.45) is 8.39. The van der Waals surface area contributed by atoms with Crippen LogP contribution in [0.25, 0.3) is 0 Å². The average Bonchev–Trinajstić information content (AvgIpc) is 3.23. The Kier molecular flexibility index (Phi) is 9.80. The molecule has 3 aromatic rings.